The molecule has 1 aromatic carbocycles. The van der Waals surface area contributed by atoms with E-state index in [1.807, 2.05) is 6.07 Å². The lowest BCUT2D eigenvalue weighted by Gasteiger charge is -2.43. The van der Waals surface area contributed by atoms with Crippen LogP contribution in [0.2, 0.25) is 0 Å². The lowest BCUT2D eigenvalue weighted by atomic mass is 10.0. The topological polar surface area (TPSA) is 70.6 Å². The minimum atomic E-state index is -3.17. The molecule has 6 nitrogen and oxygen atoms in total. The van der Waals surface area contributed by atoms with Gasteiger partial charge in [0.05, 0.1) is 17.5 Å². The molecule has 2 atom stereocenters. The fourth-order valence-electron chi connectivity index (χ4n) is 4.15. The quantitative estimate of drug-likeness (QED) is 0.801. The highest BCUT2D eigenvalue weighted by molar-refractivity contribution is 7.91. The Morgan fingerprint density at radius 2 is 1.93 bits per heavy atom. The third kappa shape index (κ3) is 3.75. The molecule has 1 aromatic heterocycles. The van der Waals surface area contributed by atoms with Gasteiger partial charge in [-0.1, -0.05) is 35.9 Å². The summed E-state index contributed by atoms with van der Waals surface area (Å²) < 4.78 is 24.7. The van der Waals surface area contributed by atoms with Gasteiger partial charge in [0.2, 0.25) is 0 Å². The smallest absolute Gasteiger partial charge is 0.272 e. The van der Waals surface area contributed by atoms with Crippen LogP contribution in [0.4, 0.5) is 0 Å². The molecule has 7 heteroatoms. The van der Waals surface area contributed by atoms with Crippen LogP contribution in [0, 0.1) is 6.92 Å². The van der Waals surface area contributed by atoms with Crippen LogP contribution < -0.4 is 0 Å². The largest absolute Gasteiger partial charge is 0.330 e. The molecule has 2 saturated heterocycles. The minimum absolute atomic E-state index is 0.0283. The van der Waals surface area contributed by atoms with Gasteiger partial charge < -0.3 is 4.90 Å². The minimum Gasteiger partial charge on any atom is -0.330 e. The summed E-state index contributed by atoms with van der Waals surface area (Å²) in [7, 11) is -3.17. The molecular formula is C20H23N3O3S. The van der Waals surface area contributed by atoms with E-state index in [0.717, 1.165) is 0 Å². The van der Waals surface area contributed by atoms with Crippen molar-refractivity contribution in [3.8, 4) is 0 Å². The Hall–Kier alpha value is -2.25. The van der Waals surface area contributed by atoms with E-state index in [0.29, 0.717) is 25.3 Å². The number of hydrogen-bond acceptors (Lipinski definition) is 5. The first-order chi connectivity index (χ1) is 12.9. The van der Waals surface area contributed by atoms with Gasteiger partial charge in [-0.15, -0.1) is 0 Å². The molecule has 3 heterocycles. The number of carbonyl (C=O) groups is 1. The Bertz CT molecular complexity index is 946. The van der Waals surface area contributed by atoms with Crippen LogP contribution >= 0.6 is 0 Å². The van der Waals surface area contributed by atoms with Crippen LogP contribution in [-0.2, 0) is 16.4 Å². The molecule has 0 radical (unpaired) electrons. The number of piperazine rings is 1. The van der Waals surface area contributed by atoms with Gasteiger partial charge in [-0.25, -0.2) is 8.42 Å². The van der Waals surface area contributed by atoms with Gasteiger partial charge in [0, 0.05) is 31.9 Å². The number of amides is 1. The van der Waals surface area contributed by atoms with Crippen molar-refractivity contribution in [1.82, 2.24) is 14.8 Å². The zero-order valence-corrected chi connectivity index (χ0v) is 16.1. The Balaban J connectivity index is 1.59. The van der Waals surface area contributed by atoms with Crippen molar-refractivity contribution in [3.05, 3.63) is 65.5 Å². The predicted octanol–water partition coefficient (Wildman–Crippen LogP) is 1.51. The van der Waals surface area contributed by atoms with Crippen molar-refractivity contribution in [1.29, 1.82) is 0 Å². The Labute approximate surface area is 159 Å². The van der Waals surface area contributed by atoms with Crippen LogP contribution in [0.25, 0.3) is 0 Å². The lowest BCUT2D eigenvalue weighted by molar-refractivity contribution is 0.0301. The molecule has 0 unspecified atom stereocenters. The number of aryl methyl sites for hydroxylation is 1. The fraction of sp³-hybridized carbons (Fsp3) is 0.400. The number of aromatic nitrogens is 1. The molecule has 4 rings (SSSR count). The first-order valence-electron chi connectivity index (χ1n) is 9.15. The molecular weight excluding hydrogens is 362 g/mol. The van der Waals surface area contributed by atoms with Crippen LogP contribution in [0.5, 0.6) is 0 Å². The van der Waals surface area contributed by atoms with Crippen molar-refractivity contribution in [2.75, 3.05) is 24.6 Å². The van der Waals surface area contributed by atoms with Gasteiger partial charge in [-0.3, -0.25) is 14.7 Å². The first kappa shape index (κ1) is 18.1. The van der Waals surface area contributed by atoms with E-state index >= 15 is 0 Å². The molecule has 0 bridgehead atoms. The summed E-state index contributed by atoms with van der Waals surface area (Å²) in [6.45, 7) is 3.92. The molecule has 2 fully saturated rings. The third-order valence-corrected chi connectivity index (χ3v) is 7.10. The summed E-state index contributed by atoms with van der Waals surface area (Å²) in [5.41, 5.74) is 2.72. The molecule has 142 valence electrons. The highest BCUT2D eigenvalue weighted by Gasteiger charge is 2.48. The highest BCUT2D eigenvalue weighted by atomic mass is 32.2. The summed E-state index contributed by atoms with van der Waals surface area (Å²) in [5, 5.41) is 0. The number of benzene rings is 1. The second kappa shape index (κ2) is 7.05. The molecule has 0 N–H and O–H groups in total. The van der Waals surface area contributed by atoms with Gasteiger partial charge in [0.25, 0.3) is 5.91 Å². The predicted molar refractivity (Wildman–Crippen MR) is 103 cm³/mol. The second-order valence-electron chi connectivity index (χ2n) is 7.38. The summed E-state index contributed by atoms with van der Waals surface area (Å²) in [6, 6.07) is 13.0. The Kier molecular flexibility index (Phi) is 4.74. The van der Waals surface area contributed by atoms with E-state index in [-0.39, 0.29) is 29.5 Å². The summed E-state index contributed by atoms with van der Waals surface area (Å²) in [6.07, 6.45) is 1.59. The first-order valence-corrected chi connectivity index (χ1v) is 11.0. The van der Waals surface area contributed by atoms with E-state index in [2.05, 4.69) is 35.0 Å². The number of rotatable bonds is 3. The Morgan fingerprint density at radius 3 is 2.67 bits per heavy atom. The zero-order valence-electron chi connectivity index (χ0n) is 15.3. The van der Waals surface area contributed by atoms with Gasteiger partial charge >= 0.3 is 0 Å². The highest BCUT2D eigenvalue weighted by Crippen LogP contribution is 2.29. The molecule has 1 amide bonds. The number of pyridine rings is 1. The molecule has 2 aliphatic heterocycles. The van der Waals surface area contributed by atoms with Gasteiger partial charge in [-0.05, 0) is 24.6 Å². The fourth-order valence-corrected chi connectivity index (χ4v) is 6.17. The molecule has 2 aromatic rings. The molecule has 0 saturated carbocycles. The van der Waals surface area contributed by atoms with Gasteiger partial charge in [-0.2, -0.15) is 0 Å². The van der Waals surface area contributed by atoms with Crippen molar-refractivity contribution in [2.45, 2.75) is 25.6 Å². The maximum atomic E-state index is 12.9. The van der Waals surface area contributed by atoms with E-state index in [1.165, 1.54) is 11.1 Å². The molecule has 0 aliphatic carbocycles. The number of sulfone groups is 1. The van der Waals surface area contributed by atoms with Crippen LogP contribution in [0.15, 0.2) is 48.7 Å². The molecule has 0 spiro atoms. The normalized spacial score (nSPS) is 24.6. The van der Waals surface area contributed by atoms with E-state index < -0.39 is 9.84 Å². The second-order valence-corrected chi connectivity index (χ2v) is 9.54. The van der Waals surface area contributed by atoms with E-state index in [9.17, 15) is 13.2 Å². The monoisotopic (exact) mass is 385 g/mol. The average Bonchev–Trinajstić information content (AvgIpc) is 2.98. The number of fused-ring (bicyclic) bond motifs is 1. The van der Waals surface area contributed by atoms with Crippen molar-refractivity contribution < 1.29 is 13.2 Å². The number of carbonyl (C=O) groups excluding carboxylic acids is 1. The van der Waals surface area contributed by atoms with E-state index in [1.54, 1.807) is 29.3 Å². The molecule has 27 heavy (non-hydrogen) atoms. The van der Waals surface area contributed by atoms with Crippen LogP contribution in [0.1, 0.15) is 21.6 Å². The number of hydrogen-bond donors (Lipinski definition) is 0. The van der Waals surface area contributed by atoms with Crippen LogP contribution in [0.3, 0.4) is 0 Å². The maximum absolute atomic E-state index is 12.9. The average molecular weight is 385 g/mol. The SMILES string of the molecule is Cc1cccc(CN2CCN(C(=O)c3ccccn3)[C@@H]3CS(=O)(=O)C[C@@H]32)c1. The van der Waals surface area contributed by atoms with Crippen molar-refractivity contribution in [3.63, 3.8) is 0 Å². The van der Waals surface area contributed by atoms with Gasteiger partial charge in [0.15, 0.2) is 9.84 Å². The lowest BCUT2D eigenvalue weighted by Crippen LogP contribution is -2.60. The number of nitrogens with zero attached hydrogens (tertiary/aromatic N) is 3. The van der Waals surface area contributed by atoms with E-state index in [4.69, 9.17) is 0 Å². The standard InChI is InChI=1S/C20H23N3O3S/c1-15-5-4-6-16(11-15)12-22-9-10-23(19-14-27(25,26)13-18(19)22)20(24)17-7-2-3-8-21-17/h2-8,11,18-19H,9-10,12-14H2,1H3/t18-,19+/m0/s1. The van der Waals surface area contributed by atoms with Crippen molar-refractivity contribution in [2.24, 2.45) is 0 Å². The summed E-state index contributed by atoms with van der Waals surface area (Å²) in [4.78, 5) is 21.0. The third-order valence-electron chi connectivity index (χ3n) is 5.40. The zero-order chi connectivity index (χ0) is 19.0. The van der Waals surface area contributed by atoms with Gasteiger partial charge in [0.1, 0.15) is 5.69 Å². The maximum Gasteiger partial charge on any atom is 0.272 e. The summed E-state index contributed by atoms with van der Waals surface area (Å²) in [5.74, 6) is -0.0475. The summed E-state index contributed by atoms with van der Waals surface area (Å²) >= 11 is 0. The van der Waals surface area contributed by atoms with Crippen LogP contribution in [-0.4, -0.2) is 65.8 Å². The molecule has 2 aliphatic rings. The van der Waals surface area contributed by atoms with Crippen molar-refractivity contribution >= 4 is 15.7 Å². The Morgan fingerprint density at radius 1 is 1.11 bits per heavy atom.